The van der Waals surface area contributed by atoms with Gasteiger partial charge in [-0.15, -0.1) is 24.0 Å². The molecule has 4 nitrogen and oxygen atoms in total. The molecule has 0 radical (unpaired) electrons. The van der Waals surface area contributed by atoms with Gasteiger partial charge in [-0.3, -0.25) is 9.20 Å². The first-order valence-corrected chi connectivity index (χ1v) is 9.40. The SMILES string of the molecule is CN=C(NCCS(=O)C(C)(C)C)N(C)Cc1ccc(Br)cc1.I. The van der Waals surface area contributed by atoms with Gasteiger partial charge in [0.1, 0.15) is 0 Å². The van der Waals surface area contributed by atoms with Crippen molar-refractivity contribution < 1.29 is 4.21 Å². The van der Waals surface area contributed by atoms with Crippen LogP contribution in [0, 0.1) is 0 Å². The first-order chi connectivity index (χ1) is 10.2. The Morgan fingerprint density at radius 3 is 2.35 bits per heavy atom. The molecule has 23 heavy (non-hydrogen) atoms. The molecule has 1 unspecified atom stereocenters. The number of benzene rings is 1. The van der Waals surface area contributed by atoms with Gasteiger partial charge in [-0.2, -0.15) is 0 Å². The van der Waals surface area contributed by atoms with Gasteiger partial charge >= 0.3 is 0 Å². The molecule has 1 aromatic carbocycles. The summed E-state index contributed by atoms with van der Waals surface area (Å²) in [6.07, 6.45) is 0. The second-order valence-electron chi connectivity index (χ2n) is 6.12. The third kappa shape index (κ3) is 8.49. The van der Waals surface area contributed by atoms with Crippen LogP contribution in [0.1, 0.15) is 26.3 Å². The second kappa shape index (κ2) is 10.7. The van der Waals surface area contributed by atoms with Crippen LogP contribution in [0.5, 0.6) is 0 Å². The van der Waals surface area contributed by atoms with Gasteiger partial charge in [0.05, 0.1) is 0 Å². The molecule has 1 aromatic rings. The van der Waals surface area contributed by atoms with Crippen molar-refractivity contribution in [3.63, 3.8) is 0 Å². The molecule has 1 rings (SSSR count). The Kier molecular flexibility index (Phi) is 10.6. The standard InChI is InChI=1S/C16H26BrN3OS.HI/c1-16(2,3)22(21)11-10-19-15(18-4)20(5)12-13-6-8-14(17)9-7-13;/h6-9H,10-12H2,1-5H3,(H,18,19);1H. The summed E-state index contributed by atoms with van der Waals surface area (Å²) in [4.78, 5) is 6.34. The van der Waals surface area contributed by atoms with Crippen molar-refractivity contribution in [3.05, 3.63) is 34.3 Å². The Balaban J connectivity index is 0.00000484. The molecule has 132 valence electrons. The second-order valence-corrected chi connectivity index (χ2v) is 9.36. The average molecular weight is 516 g/mol. The monoisotopic (exact) mass is 515 g/mol. The van der Waals surface area contributed by atoms with Crippen molar-refractivity contribution in [2.24, 2.45) is 4.99 Å². The Morgan fingerprint density at radius 2 is 1.87 bits per heavy atom. The zero-order valence-corrected chi connectivity index (χ0v) is 19.2. The summed E-state index contributed by atoms with van der Waals surface area (Å²) in [5, 5.41) is 3.28. The van der Waals surface area contributed by atoms with Crippen molar-refractivity contribution >= 4 is 56.7 Å². The van der Waals surface area contributed by atoms with E-state index < -0.39 is 10.8 Å². The predicted molar refractivity (Wildman–Crippen MR) is 115 cm³/mol. The first kappa shape index (κ1) is 22.9. The van der Waals surface area contributed by atoms with Gasteiger partial charge in [0.25, 0.3) is 0 Å². The summed E-state index contributed by atoms with van der Waals surface area (Å²) in [6.45, 7) is 7.42. The van der Waals surface area contributed by atoms with E-state index in [4.69, 9.17) is 0 Å². The zero-order chi connectivity index (χ0) is 16.8. The highest BCUT2D eigenvalue weighted by molar-refractivity contribution is 14.0. The van der Waals surface area contributed by atoms with Crippen molar-refractivity contribution in [1.29, 1.82) is 0 Å². The van der Waals surface area contributed by atoms with E-state index in [-0.39, 0.29) is 28.7 Å². The van der Waals surface area contributed by atoms with Gasteiger partial charge in [-0.1, -0.05) is 28.1 Å². The third-order valence-corrected chi connectivity index (χ3v) is 5.63. The number of halogens is 2. The van der Waals surface area contributed by atoms with Crippen molar-refractivity contribution in [2.75, 3.05) is 26.4 Å². The quantitative estimate of drug-likeness (QED) is 0.370. The molecule has 0 bridgehead atoms. The number of guanidine groups is 1. The predicted octanol–water partition coefficient (Wildman–Crippen LogP) is 3.62. The third-order valence-electron chi connectivity index (χ3n) is 3.16. The lowest BCUT2D eigenvalue weighted by Crippen LogP contribution is -2.41. The smallest absolute Gasteiger partial charge is 0.193 e. The van der Waals surface area contributed by atoms with Crippen LogP contribution in [-0.2, 0) is 17.3 Å². The lowest BCUT2D eigenvalue weighted by Gasteiger charge is -2.23. The highest BCUT2D eigenvalue weighted by Crippen LogP contribution is 2.12. The maximum Gasteiger partial charge on any atom is 0.193 e. The van der Waals surface area contributed by atoms with E-state index in [0.717, 1.165) is 17.0 Å². The van der Waals surface area contributed by atoms with Crippen LogP contribution in [-0.4, -0.2) is 46.2 Å². The van der Waals surface area contributed by atoms with Crippen molar-refractivity contribution in [3.8, 4) is 0 Å². The van der Waals surface area contributed by atoms with Gasteiger partial charge in [-0.25, -0.2) is 0 Å². The van der Waals surface area contributed by atoms with Crippen LogP contribution in [0.2, 0.25) is 0 Å². The largest absolute Gasteiger partial charge is 0.355 e. The average Bonchev–Trinajstić information content (AvgIpc) is 2.44. The van der Waals surface area contributed by atoms with Crippen LogP contribution in [0.25, 0.3) is 0 Å². The maximum absolute atomic E-state index is 12.0. The minimum Gasteiger partial charge on any atom is -0.355 e. The highest BCUT2D eigenvalue weighted by Gasteiger charge is 2.19. The van der Waals surface area contributed by atoms with Crippen LogP contribution in [0.15, 0.2) is 33.7 Å². The fourth-order valence-corrected chi connectivity index (χ4v) is 3.05. The molecule has 0 aromatic heterocycles. The van der Waals surface area contributed by atoms with E-state index in [9.17, 15) is 4.21 Å². The molecular formula is C16H27BrIN3OS. The molecule has 1 atom stereocenters. The highest BCUT2D eigenvalue weighted by atomic mass is 127. The maximum atomic E-state index is 12.0. The van der Waals surface area contributed by atoms with E-state index in [0.29, 0.717) is 12.3 Å². The Morgan fingerprint density at radius 1 is 1.30 bits per heavy atom. The molecular weight excluding hydrogens is 489 g/mol. The molecule has 1 N–H and O–H groups in total. The van der Waals surface area contributed by atoms with Gasteiger partial charge < -0.3 is 10.2 Å². The van der Waals surface area contributed by atoms with Crippen molar-refractivity contribution in [1.82, 2.24) is 10.2 Å². The number of aliphatic imine (C=N–C) groups is 1. The first-order valence-electron chi connectivity index (χ1n) is 7.28. The number of nitrogens with zero attached hydrogens (tertiary/aromatic N) is 2. The number of hydrogen-bond donors (Lipinski definition) is 1. The Labute approximate surface area is 168 Å². The number of hydrogen-bond acceptors (Lipinski definition) is 2. The number of nitrogens with one attached hydrogen (secondary N) is 1. The van der Waals surface area contributed by atoms with Crippen molar-refractivity contribution in [2.45, 2.75) is 32.1 Å². The van der Waals surface area contributed by atoms with Crippen LogP contribution >= 0.6 is 39.9 Å². The summed E-state index contributed by atoms with van der Waals surface area (Å²) < 4.78 is 12.9. The van der Waals surface area contributed by atoms with Gasteiger partial charge in [0.15, 0.2) is 5.96 Å². The molecule has 0 heterocycles. The van der Waals surface area contributed by atoms with Gasteiger partial charge in [-0.05, 0) is 38.5 Å². The van der Waals surface area contributed by atoms with E-state index >= 15 is 0 Å². The molecule has 0 spiro atoms. The molecule has 0 saturated carbocycles. The minimum absolute atomic E-state index is 0. The normalized spacial score (nSPS) is 13.2. The molecule has 0 aliphatic rings. The minimum atomic E-state index is -0.851. The lowest BCUT2D eigenvalue weighted by molar-refractivity contribution is 0.479. The van der Waals surface area contributed by atoms with E-state index in [1.165, 1.54) is 5.56 Å². The molecule has 0 fully saturated rings. The summed E-state index contributed by atoms with van der Waals surface area (Å²) >= 11 is 3.44. The van der Waals surface area contributed by atoms with Gasteiger partial charge in [0.2, 0.25) is 0 Å². The van der Waals surface area contributed by atoms with E-state index in [1.807, 2.05) is 40.0 Å². The van der Waals surface area contributed by atoms with E-state index in [2.05, 4.69) is 43.3 Å². The van der Waals surface area contributed by atoms with Gasteiger partial charge in [0, 0.05) is 53.0 Å². The fourth-order valence-electron chi connectivity index (χ4n) is 1.89. The summed E-state index contributed by atoms with van der Waals surface area (Å²) in [5.41, 5.74) is 1.21. The molecule has 0 amide bonds. The molecule has 0 aliphatic carbocycles. The number of rotatable bonds is 5. The summed E-state index contributed by atoms with van der Waals surface area (Å²) in [7, 11) is 2.91. The lowest BCUT2D eigenvalue weighted by atomic mass is 10.2. The topological polar surface area (TPSA) is 44.7 Å². The Bertz CT molecular complexity index is 529. The molecule has 0 aliphatic heterocycles. The van der Waals surface area contributed by atoms with Crippen LogP contribution in [0.4, 0.5) is 0 Å². The zero-order valence-electron chi connectivity index (χ0n) is 14.4. The molecule has 7 heteroatoms. The molecule has 0 saturated heterocycles. The summed E-state index contributed by atoms with van der Waals surface area (Å²) in [5.74, 6) is 1.43. The fraction of sp³-hybridized carbons (Fsp3) is 0.562. The van der Waals surface area contributed by atoms with E-state index in [1.54, 1.807) is 7.05 Å². The summed E-state index contributed by atoms with van der Waals surface area (Å²) in [6, 6.07) is 8.24. The Hall–Kier alpha value is -0.150. The van der Waals surface area contributed by atoms with Crippen LogP contribution < -0.4 is 5.32 Å². The van der Waals surface area contributed by atoms with Crippen LogP contribution in [0.3, 0.4) is 0 Å².